The monoisotopic (exact) mass is 259 g/mol. The van der Waals surface area contributed by atoms with Crippen LogP contribution in [0.4, 0.5) is 5.69 Å². The van der Waals surface area contributed by atoms with E-state index in [0.29, 0.717) is 5.56 Å². The van der Waals surface area contributed by atoms with Crippen LogP contribution in [0, 0.1) is 6.92 Å². The molecule has 0 fully saturated rings. The maximum atomic E-state index is 10.7. The number of rotatable bonds is 1. The molecule has 0 atom stereocenters. The van der Waals surface area contributed by atoms with Crippen LogP contribution >= 0.6 is 11.6 Å². The fourth-order valence-electron chi connectivity index (χ4n) is 1.02. The molecule has 0 heterocycles. The summed E-state index contributed by atoms with van der Waals surface area (Å²) in [6.07, 6.45) is 0. The quantitative estimate of drug-likeness (QED) is 0.364. The van der Waals surface area contributed by atoms with E-state index >= 15 is 0 Å². The molecule has 1 rings (SSSR count). The molecule has 0 aliphatic carbocycles. The third-order valence-corrected chi connectivity index (χ3v) is 2.96. The number of benzene rings is 1. The van der Waals surface area contributed by atoms with Crippen molar-refractivity contribution < 1.29 is 64.4 Å². The van der Waals surface area contributed by atoms with Crippen LogP contribution in [0.15, 0.2) is 17.0 Å². The summed E-state index contributed by atoms with van der Waals surface area (Å²) in [5.41, 5.74) is 5.48. The molecule has 0 aliphatic rings. The van der Waals surface area contributed by atoms with Gasteiger partial charge in [-0.1, -0.05) is 17.7 Å². The van der Waals surface area contributed by atoms with Gasteiger partial charge in [0, 0.05) is 0 Å². The molecule has 14 heavy (non-hydrogen) atoms. The predicted molar refractivity (Wildman–Crippen MR) is 48.6 cm³/mol. The Balaban J connectivity index is 0.00000169. The van der Waals surface area contributed by atoms with E-state index in [0.717, 1.165) is 0 Å². The fraction of sp³-hybridized carbons (Fsp3) is 0.143. The summed E-state index contributed by atoms with van der Waals surface area (Å²) in [5, 5.41) is 0.0695. The molecule has 0 amide bonds. The van der Waals surface area contributed by atoms with Crippen LogP contribution in [0.5, 0.6) is 0 Å². The minimum Gasteiger partial charge on any atom is -0.744 e. The largest absolute Gasteiger partial charge is 1.00 e. The minimum absolute atomic E-state index is 0. The van der Waals surface area contributed by atoms with Crippen molar-refractivity contribution in [3.05, 3.63) is 22.7 Å². The molecule has 1 aromatic carbocycles. The predicted octanol–water partition coefficient (Wildman–Crippen LogP) is -1.86. The maximum absolute atomic E-state index is 10.7. The van der Waals surface area contributed by atoms with Crippen molar-refractivity contribution in [2.24, 2.45) is 0 Å². The van der Waals surface area contributed by atoms with Gasteiger partial charge in [-0.15, -0.1) is 0 Å². The Morgan fingerprint density at radius 1 is 1.43 bits per heavy atom. The zero-order valence-corrected chi connectivity index (χ0v) is 12.4. The van der Waals surface area contributed by atoms with Gasteiger partial charge in [0.25, 0.3) is 0 Å². The standard InChI is InChI=1S/C7H8ClNO3S.K/c1-4-2-3-5(8)6(9)7(4)13(10,11)12;/h2-3H,9H2,1H3,(H,10,11,12);/q;+1/p-1. The van der Waals surface area contributed by atoms with Gasteiger partial charge in [-0.05, 0) is 18.6 Å². The van der Waals surface area contributed by atoms with Crippen LogP contribution in [-0.4, -0.2) is 13.0 Å². The van der Waals surface area contributed by atoms with Crippen LogP contribution in [0.25, 0.3) is 0 Å². The number of aryl methyl sites for hydroxylation is 1. The average molecular weight is 260 g/mol. The Hall–Kier alpha value is 0.856. The fourth-order valence-corrected chi connectivity index (χ4v) is 2.07. The smallest absolute Gasteiger partial charge is 0.744 e. The molecule has 1 aromatic rings. The molecule has 7 heteroatoms. The van der Waals surface area contributed by atoms with E-state index in [1.807, 2.05) is 0 Å². The zero-order valence-electron chi connectivity index (χ0n) is 7.74. The first-order valence-corrected chi connectivity index (χ1v) is 5.13. The number of hydrogen-bond acceptors (Lipinski definition) is 4. The molecule has 2 N–H and O–H groups in total. The summed E-state index contributed by atoms with van der Waals surface area (Å²) >= 11 is 5.56. The molecule has 0 bridgehead atoms. The maximum Gasteiger partial charge on any atom is 1.00 e. The van der Waals surface area contributed by atoms with Crippen LogP contribution in [0.2, 0.25) is 5.02 Å². The first-order chi connectivity index (χ1) is 5.84. The van der Waals surface area contributed by atoms with Crippen LogP contribution in [0.3, 0.4) is 0 Å². The van der Waals surface area contributed by atoms with Gasteiger partial charge in [-0.25, -0.2) is 8.42 Å². The van der Waals surface area contributed by atoms with E-state index in [1.165, 1.54) is 19.1 Å². The van der Waals surface area contributed by atoms with Gasteiger partial charge < -0.3 is 10.3 Å². The van der Waals surface area contributed by atoms with Crippen molar-refractivity contribution in [1.82, 2.24) is 0 Å². The molecule has 0 saturated heterocycles. The Labute approximate surface area is 130 Å². The normalized spacial score (nSPS) is 10.8. The summed E-state index contributed by atoms with van der Waals surface area (Å²) < 4.78 is 32.2. The SMILES string of the molecule is Cc1ccc(Cl)c(N)c1S(=O)(=O)[O-].[K+]. The van der Waals surface area contributed by atoms with Crippen molar-refractivity contribution in [3.63, 3.8) is 0 Å². The van der Waals surface area contributed by atoms with Crippen molar-refractivity contribution in [1.29, 1.82) is 0 Å². The topological polar surface area (TPSA) is 83.2 Å². The van der Waals surface area contributed by atoms with E-state index in [9.17, 15) is 13.0 Å². The van der Waals surface area contributed by atoms with Gasteiger partial charge in [0.2, 0.25) is 0 Å². The molecule has 0 unspecified atom stereocenters. The van der Waals surface area contributed by atoms with Gasteiger partial charge in [0.15, 0.2) is 0 Å². The van der Waals surface area contributed by atoms with Gasteiger partial charge in [0.05, 0.1) is 15.6 Å². The average Bonchev–Trinajstić information content (AvgIpc) is 1.95. The summed E-state index contributed by atoms with van der Waals surface area (Å²) in [7, 11) is -4.55. The summed E-state index contributed by atoms with van der Waals surface area (Å²) in [6, 6.07) is 2.88. The van der Waals surface area contributed by atoms with Crippen molar-refractivity contribution in [3.8, 4) is 0 Å². The van der Waals surface area contributed by atoms with E-state index in [2.05, 4.69) is 0 Å². The Morgan fingerprint density at radius 3 is 2.29 bits per heavy atom. The molecular formula is C7H7ClKNO3S. The first kappa shape index (κ1) is 14.9. The molecule has 0 aromatic heterocycles. The van der Waals surface area contributed by atoms with Gasteiger partial charge in [-0.2, -0.15) is 0 Å². The van der Waals surface area contributed by atoms with E-state index in [1.54, 1.807) is 0 Å². The van der Waals surface area contributed by atoms with E-state index < -0.39 is 15.0 Å². The number of halogens is 1. The van der Waals surface area contributed by atoms with Crippen LogP contribution in [0.1, 0.15) is 5.56 Å². The molecule has 4 nitrogen and oxygen atoms in total. The molecule has 0 aliphatic heterocycles. The third kappa shape index (κ3) is 3.18. The number of anilines is 1. The van der Waals surface area contributed by atoms with Crippen LogP contribution in [-0.2, 0) is 10.1 Å². The van der Waals surface area contributed by atoms with Crippen molar-refractivity contribution >= 4 is 27.4 Å². The molecular weight excluding hydrogens is 253 g/mol. The molecule has 72 valence electrons. The Bertz CT molecular complexity index is 446. The van der Waals surface area contributed by atoms with Crippen molar-refractivity contribution in [2.75, 3.05) is 5.73 Å². The first-order valence-electron chi connectivity index (χ1n) is 3.34. The van der Waals surface area contributed by atoms with Gasteiger partial charge in [-0.3, -0.25) is 0 Å². The Morgan fingerprint density at radius 2 is 1.93 bits per heavy atom. The second kappa shape index (κ2) is 5.27. The second-order valence-corrected chi connectivity index (χ2v) is 4.28. The number of nitrogens with two attached hydrogens (primary N) is 1. The summed E-state index contributed by atoms with van der Waals surface area (Å²) in [4.78, 5) is -0.431. The summed E-state index contributed by atoms with van der Waals surface area (Å²) in [5.74, 6) is 0. The molecule has 0 saturated carbocycles. The molecule has 0 spiro atoms. The van der Waals surface area contributed by atoms with Gasteiger partial charge >= 0.3 is 51.4 Å². The molecule has 0 radical (unpaired) electrons. The minimum atomic E-state index is -4.55. The second-order valence-electron chi connectivity index (χ2n) is 2.56. The number of hydrogen-bond donors (Lipinski definition) is 1. The van der Waals surface area contributed by atoms with Crippen LogP contribution < -0.4 is 57.1 Å². The van der Waals surface area contributed by atoms with E-state index in [4.69, 9.17) is 17.3 Å². The zero-order chi connectivity index (χ0) is 10.2. The van der Waals surface area contributed by atoms with Gasteiger partial charge in [0.1, 0.15) is 10.1 Å². The van der Waals surface area contributed by atoms with Crippen molar-refractivity contribution in [2.45, 2.75) is 11.8 Å². The Kier molecular flexibility index (Phi) is 5.59. The summed E-state index contributed by atoms with van der Waals surface area (Å²) in [6.45, 7) is 1.48. The third-order valence-electron chi connectivity index (χ3n) is 1.59. The number of nitrogen functional groups attached to an aromatic ring is 1. The van der Waals surface area contributed by atoms with E-state index in [-0.39, 0.29) is 62.1 Å².